The van der Waals surface area contributed by atoms with Crippen LogP contribution in [0, 0.1) is 5.82 Å². The molecule has 3 N–H and O–H groups in total. The van der Waals surface area contributed by atoms with E-state index < -0.39 is 6.03 Å². The normalized spacial score (nSPS) is 9.42. The van der Waals surface area contributed by atoms with Gasteiger partial charge in [0.2, 0.25) is 0 Å². The number of urea groups is 1. The minimum absolute atomic E-state index is 0.344. The molecule has 0 spiro atoms. The summed E-state index contributed by atoms with van der Waals surface area (Å²) in [5, 5.41) is 0. The summed E-state index contributed by atoms with van der Waals surface area (Å²) < 4.78 is 15.0. The first-order valence-electron chi connectivity index (χ1n) is 3.17. The van der Waals surface area contributed by atoms with Crippen LogP contribution in [0.1, 0.15) is 0 Å². The number of hydrogen-bond donors (Lipinski definition) is 2. The lowest BCUT2D eigenvalue weighted by molar-refractivity contribution is 0.254. The second kappa shape index (κ2) is 3.96. The highest BCUT2D eigenvalue weighted by Gasteiger charge is 2.01. The van der Waals surface area contributed by atoms with Crippen molar-refractivity contribution in [3.63, 3.8) is 0 Å². The lowest BCUT2D eigenvalue weighted by atomic mass is 10.4. The zero-order valence-electron chi connectivity index (χ0n) is 6.08. The first-order chi connectivity index (χ1) is 5.70. The number of nitrogens with one attached hydrogen (secondary N) is 1. The van der Waals surface area contributed by atoms with Crippen molar-refractivity contribution in [3.8, 4) is 0 Å². The third-order valence-electron chi connectivity index (χ3n) is 1.10. The Hall–Kier alpha value is -1.23. The van der Waals surface area contributed by atoms with Crippen LogP contribution in [-0.4, -0.2) is 6.03 Å². The van der Waals surface area contributed by atoms with Gasteiger partial charge in [0, 0.05) is 0 Å². The summed E-state index contributed by atoms with van der Waals surface area (Å²) in [5.41, 5.74) is 4.80. The van der Waals surface area contributed by atoms with Crippen LogP contribution in [0.15, 0.2) is 29.2 Å². The number of halogens is 1. The SMILES string of the molecule is NC(=O)NSc1ccccc1F. The molecular formula is C7H7FN2OS. The molecule has 0 saturated heterocycles. The number of benzene rings is 1. The average Bonchev–Trinajstić information content (AvgIpc) is 2.03. The first kappa shape index (κ1) is 8.86. The van der Waals surface area contributed by atoms with E-state index in [9.17, 15) is 9.18 Å². The first-order valence-corrected chi connectivity index (χ1v) is 3.98. The molecule has 12 heavy (non-hydrogen) atoms. The van der Waals surface area contributed by atoms with Crippen LogP contribution in [0.4, 0.5) is 9.18 Å². The van der Waals surface area contributed by atoms with E-state index >= 15 is 0 Å². The van der Waals surface area contributed by atoms with Gasteiger partial charge in [-0.2, -0.15) is 0 Å². The highest BCUT2D eigenvalue weighted by Crippen LogP contribution is 2.17. The van der Waals surface area contributed by atoms with Crippen LogP contribution in [0.25, 0.3) is 0 Å². The molecule has 1 aromatic rings. The topological polar surface area (TPSA) is 55.1 Å². The molecule has 0 aromatic heterocycles. The van der Waals surface area contributed by atoms with Crippen LogP contribution in [-0.2, 0) is 0 Å². The van der Waals surface area contributed by atoms with E-state index in [1.165, 1.54) is 6.07 Å². The Morgan fingerprint density at radius 3 is 2.75 bits per heavy atom. The Labute approximate surface area is 73.3 Å². The molecule has 0 unspecified atom stereocenters. The van der Waals surface area contributed by atoms with Crippen LogP contribution < -0.4 is 10.5 Å². The van der Waals surface area contributed by atoms with Gasteiger partial charge in [0.25, 0.3) is 0 Å². The zero-order chi connectivity index (χ0) is 8.97. The molecule has 5 heteroatoms. The van der Waals surface area contributed by atoms with Gasteiger partial charge in [0.05, 0.1) is 4.90 Å². The predicted octanol–water partition coefficient (Wildman–Crippen LogP) is 1.50. The number of nitrogens with two attached hydrogens (primary N) is 1. The van der Waals surface area contributed by atoms with E-state index in [4.69, 9.17) is 5.73 Å². The highest BCUT2D eigenvalue weighted by atomic mass is 32.2. The lowest BCUT2D eigenvalue weighted by Crippen LogP contribution is -2.22. The third-order valence-corrected chi connectivity index (χ3v) is 1.95. The van der Waals surface area contributed by atoms with Gasteiger partial charge in [-0.25, -0.2) is 9.18 Å². The molecule has 0 saturated carbocycles. The van der Waals surface area contributed by atoms with E-state index in [0.29, 0.717) is 4.90 Å². The fraction of sp³-hybridized carbons (Fsp3) is 0. The van der Waals surface area contributed by atoms with Crippen molar-refractivity contribution < 1.29 is 9.18 Å². The Kier molecular flexibility index (Phi) is 2.93. The fourth-order valence-corrected chi connectivity index (χ4v) is 1.16. The Morgan fingerprint density at radius 1 is 1.50 bits per heavy atom. The molecule has 0 bridgehead atoms. The van der Waals surface area contributed by atoms with E-state index in [-0.39, 0.29) is 5.82 Å². The summed E-state index contributed by atoms with van der Waals surface area (Å²) in [6.45, 7) is 0. The largest absolute Gasteiger partial charge is 0.351 e. The molecule has 0 aliphatic carbocycles. The molecule has 0 radical (unpaired) electrons. The molecule has 0 aliphatic rings. The van der Waals surface area contributed by atoms with E-state index in [1.807, 2.05) is 0 Å². The van der Waals surface area contributed by atoms with Crippen molar-refractivity contribution in [2.45, 2.75) is 4.90 Å². The van der Waals surface area contributed by atoms with Gasteiger partial charge >= 0.3 is 6.03 Å². The van der Waals surface area contributed by atoms with Crippen molar-refractivity contribution in [1.82, 2.24) is 4.72 Å². The van der Waals surface area contributed by atoms with Gasteiger partial charge in [-0.05, 0) is 24.1 Å². The summed E-state index contributed by atoms with van der Waals surface area (Å²) in [5.74, 6) is -0.378. The summed E-state index contributed by atoms with van der Waals surface area (Å²) in [6, 6.07) is 5.42. The molecule has 64 valence electrons. The molecule has 0 aliphatic heterocycles. The molecule has 0 fully saturated rings. The Morgan fingerprint density at radius 2 is 2.17 bits per heavy atom. The Bertz CT molecular complexity index is 292. The van der Waals surface area contributed by atoms with Crippen LogP contribution in [0.3, 0.4) is 0 Å². The minimum atomic E-state index is -0.691. The lowest BCUT2D eigenvalue weighted by Gasteiger charge is -2.00. The van der Waals surface area contributed by atoms with Gasteiger partial charge in [0.1, 0.15) is 5.82 Å². The second-order valence-electron chi connectivity index (χ2n) is 2.00. The maximum atomic E-state index is 12.8. The quantitative estimate of drug-likeness (QED) is 0.688. The van der Waals surface area contributed by atoms with Crippen molar-refractivity contribution in [1.29, 1.82) is 0 Å². The summed E-state index contributed by atoms with van der Waals surface area (Å²) in [4.78, 5) is 10.6. The zero-order valence-corrected chi connectivity index (χ0v) is 6.90. The van der Waals surface area contributed by atoms with E-state index in [0.717, 1.165) is 11.9 Å². The number of rotatable bonds is 2. The minimum Gasteiger partial charge on any atom is -0.351 e. The second-order valence-corrected chi connectivity index (χ2v) is 2.85. The van der Waals surface area contributed by atoms with E-state index in [2.05, 4.69) is 4.72 Å². The van der Waals surface area contributed by atoms with E-state index in [1.54, 1.807) is 18.2 Å². The molecule has 1 aromatic carbocycles. The molecule has 0 atom stereocenters. The van der Waals surface area contributed by atoms with Gasteiger partial charge in [-0.15, -0.1) is 0 Å². The van der Waals surface area contributed by atoms with Gasteiger partial charge < -0.3 is 5.73 Å². The van der Waals surface area contributed by atoms with Crippen LogP contribution in [0.5, 0.6) is 0 Å². The standard InChI is InChI=1S/C7H7FN2OS/c8-5-3-1-2-4-6(5)12-10-7(9)11/h1-4H,(H3,9,10,11). The monoisotopic (exact) mass is 186 g/mol. The molecule has 0 heterocycles. The summed E-state index contributed by atoms with van der Waals surface area (Å²) >= 11 is 0.856. The number of carbonyl (C=O) groups is 1. The third kappa shape index (κ3) is 2.43. The fourth-order valence-electron chi connectivity index (χ4n) is 0.633. The van der Waals surface area contributed by atoms with Crippen LogP contribution in [0.2, 0.25) is 0 Å². The number of primary amides is 1. The molecule has 3 nitrogen and oxygen atoms in total. The van der Waals surface area contributed by atoms with Gasteiger partial charge in [0.15, 0.2) is 0 Å². The molecule has 1 rings (SSSR count). The number of hydrogen-bond acceptors (Lipinski definition) is 2. The van der Waals surface area contributed by atoms with Gasteiger partial charge in [-0.1, -0.05) is 12.1 Å². The van der Waals surface area contributed by atoms with Gasteiger partial charge in [-0.3, -0.25) is 4.72 Å². The predicted molar refractivity (Wildman–Crippen MR) is 45.0 cm³/mol. The summed E-state index contributed by atoms with van der Waals surface area (Å²) in [7, 11) is 0. The van der Waals surface area contributed by atoms with Crippen LogP contribution >= 0.6 is 11.9 Å². The average molecular weight is 186 g/mol. The smallest absolute Gasteiger partial charge is 0.322 e. The van der Waals surface area contributed by atoms with Crippen molar-refractivity contribution >= 4 is 18.0 Å². The van der Waals surface area contributed by atoms with Crippen molar-refractivity contribution in [2.24, 2.45) is 5.73 Å². The highest BCUT2D eigenvalue weighted by molar-refractivity contribution is 7.98. The number of amides is 2. The molecule has 2 amide bonds. The Balaban J connectivity index is 2.63. The summed E-state index contributed by atoms with van der Waals surface area (Å²) in [6.07, 6.45) is 0. The maximum Gasteiger partial charge on any atom is 0.322 e. The van der Waals surface area contributed by atoms with Crippen molar-refractivity contribution in [3.05, 3.63) is 30.1 Å². The molecular weight excluding hydrogens is 179 g/mol. The number of carbonyl (C=O) groups excluding carboxylic acids is 1. The van der Waals surface area contributed by atoms with Crippen molar-refractivity contribution in [2.75, 3.05) is 0 Å². The maximum absolute atomic E-state index is 12.8.